The van der Waals surface area contributed by atoms with Gasteiger partial charge in [0.1, 0.15) is 0 Å². The van der Waals surface area contributed by atoms with Gasteiger partial charge in [-0.2, -0.15) is 5.10 Å². The number of aromatic nitrogens is 2. The van der Waals surface area contributed by atoms with Crippen LogP contribution in [-0.2, 0) is 6.54 Å². The lowest BCUT2D eigenvalue weighted by Gasteiger charge is -2.24. The van der Waals surface area contributed by atoms with E-state index in [0.717, 1.165) is 13.1 Å². The van der Waals surface area contributed by atoms with E-state index < -0.39 is 0 Å². The first kappa shape index (κ1) is 10.4. The summed E-state index contributed by atoms with van der Waals surface area (Å²) >= 11 is 0. The van der Waals surface area contributed by atoms with Crippen LogP contribution in [0.1, 0.15) is 19.8 Å². The summed E-state index contributed by atoms with van der Waals surface area (Å²) in [5.74, 6) is 0. The Labute approximate surface area is 91.4 Å². The van der Waals surface area contributed by atoms with Crippen LogP contribution in [0.15, 0.2) is 30.6 Å². The van der Waals surface area contributed by atoms with E-state index in [0.29, 0.717) is 6.04 Å². The summed E-state index contributed by atoms with van der Waals surface area (Å²) in [5, 5.41) is 4.26. The molecular formula is C12H19N3. The minimum absolute atomic E-state index is 0.640. The minimum Gasteiger partial charge on any atom is -0.295 e. The molecule has 2 rings (SSSR count). The highest BCUT2D eigenvalue weighted by Gasteiger charge is 2.24. The van der Waals surface area contributed by atoms with E-state index in [-0.39, 0.29) is 0 Å². The van der Waals surface area contributed by atoms with Gasteiger partial charge in [-0.15, -0.1) is 0 Å². The molecule has 1 aromatic heterocycles. The molecule has 1 aliphatic heterocycles. The van der Waals surface area contributed by atoms with Crippen LogP contribution >= 0.6 is 0 Å². The molecule has 1 aromatic rings. The van der Waals surface area contributed by atoms with Gasteiger partial charge in [-0.1, -0.05) is 12.2 Å². The molecule has 1 fully saturated rings. The lowest BCUT2D eigenvalue weighted by Crippen LogP contribution is -2.34. The maximum Gasteiger partial charge on any atom is 0.0565 e. The van der Waals surface area contributed by atoms with Crippen molar-refractivity contribution < 1.29 is 0 Å². The zero-order chi connectivity index (χ0) is 10.7. The van der Waals surface area contributed by atoms with Gasteiger partial charge in [-0.05, 0) is 32.4 Å². The maximum atomic E-state index is 4.26. The lowest BCUT2D eigenvalue weighted by molar-refractivity contribution is 0.245. The Balaban J connectivity index is 1.93. The smallest absolute Gasteiger partial charge is 0.0565 e. The molecule has 0 bridgehead atoms. The number of hydrogen-bond acceptors (Lipinski definition) is 2. The van der Waals surface area contributed by atoms with Gasteiger partial charge in [-0.25, -0.2) is 0 Å². The molecule has 0 saturated carbocycles. The Bertz CT molecular complexity index is 316. The Morgan fingerprint density at radius 1 is 1.60 bits per heavy atom. The highest BCUT2D eigenvalue weighted by molar-refractivity contribution is 4.95. The normalized spacial score (nSPS) is 22.1. The van der Waals surface area contributed by atoms with Crippen LogP contribution in [0.5, 0.6) is 0 Å². The van der Waals surface area contributed by atoms with Crippen molar-refractivity contribution in [2.24, 2.45) is 0 Å². The molecule has 82 valence electrons. The minimum atomic E-state index is 0.640. The van der Waals surface area contributed by atoms with Crippen LogP contribution in [0.4, 0.5) is 0 Å². The van der Waals surface area contributed by atoms with Crippen molar-refractivity contribution in [1.29, 1.82) is 0 Å². The fraction of sp³-hybridized carbons (Fsp3) is 0.583. The van der Waals surface area contributed by atoms with E-state index in [1.165, 1.54) is 25.0 Å². The molecule has 0 aliphatic carbocycles. The number of hydrogen-bond donors (Lipinski definition) is 0. The van der Waals surface area contributed by atoms with Gasteiger partial charge in [0, 0.05) is 25.0 Å². The average Bonchev–Trinajstić information content (AvgIpc) is 2.78. The van der Waals surface area contributed by atoms with Crippen molar-refractivity contribution in [2.75, 3.05) is 13.1 Å². The average molecular weight is 205 g/mol. The number of likely N-dealkylation sites (tertiary alicyclic amines) is 1. The molecule has 0 N–H and O–H groups in total. The summed E-state index contributed by atoms with van der Waals surface area (Å²) in [6, 6.07) is 2.62. The first-order valence-electron chi connectivity index (χ1n) is 5.61. The topological polar surface area (TPSA) is 21.1 Å². The Hall–Kier alpha value is -1.09. The second-order valence-corrected chi connectivity index (χ2v) is 4.45. The molecule has 1 aliphatic rings. The zero-order valence-electron chi connectivity index (χ0n) is 9.39. The molecule has 0 unspecified atom stereocenters. The summed E-state index contributed by atoms with van der Waals surface area (Å²) in [4.78, 5) is 2.52. The number of nitrogens with zero attached hydrogens (tertiary/aromatic N) is 3. The predicted molar refractivity (Wildman–Crippen MR) is 61.6 cm³/mol. The summed E-state index contributed by atoms with van der Waals surface area (Å²) in [5.41, 5.74) is 1.25. The predicted octanol–water partition coefficient (Wildman–Crippen LogP) is 1.92. The van der Waals surface area contributed by atoms with E-state index in [1.807, 2.05) is 23.1 Å². The van der Waals surface area contributed by atoms with Crippen molar-refractivity contribution in [2.45, 2.75) is 32.4 Å². The quantitative estimate of drug-likeness (QED) is 0.700. The van der Waals surface area contributed by atoms with Crippen molar-refractivity contribution >= 4 is 0 Å². The summed E-state index contributed by atoms with van der Waals surface area (Å²) in [6.07, 6.45) is 6.47. The molecule has 0 spiro atoms. The van der Waals surface area contributed by atoms with Gasteiger partial charge in [0.15, 0.2) is 0 Å². The molecule has 0 amide bonds. The van der Waals surface area contributed by atoms with Gasteiger partial charge in [0.2, 0.25) is 0 Å². The Morgan fingerprint density at radius 3 is 3.13 bits per heavy atom. The van der Waals surface area contributed by atoms with Gasteiger partial charge >= 0.3 is 0 Å². The highest BCUT2D eigenvalue weighted by Crippen LogP contribution is 2.19. The largest absolute Gasteiger partial charge is 0.295 e. The van der Waals surface area contributed by atoms with E-state index in [2.05, 4.69) is 23.5 Å². The molecule has 2 heterocycles. The molecule has 0 radical (unpaired) electrons. The molecule has 1 saturated heterocycles. The monoisotopic (exact) mass is 205 g/mol. The van der Waals surface area contributed by atoms with Crippen LogP contribution < -0.4 is 0 Å². The van der Waals surface area contributed by atoms with Crippen molar-refractivity contribution in [3.8, 4) is 0 Å². The standard InChI is InChI=1S/C12H19N3/c1-11(2)9-14-7-3-5-12(14)10-15-8-4-6-13-15/h4,6,8,12H,1,3,5,7,9-10H2,2H3/t12-/m1/s1. The van der Waals surface area contributed by atoms with Crippen molar-refractivity contribution in [3.05, 3.63) is 30.6 Å². The van der Waals surface area contributed by atoms with Crippen molar-refractivity contribution in [1.82, 2.24) is 14.7 Å². The number of rotatable bonds is 4. The second kappa shape index (κ2) is 4.62. The van der Waals surface area contributed by atoms with Gasteiger partial charge in [0.25, 0.3) is 0 Å². The van der Waals surface area contributed by atoms with E-state index >= 15 is 0 Å². The lowest BCUT2D eigenvalue weighted by atomic mass is 10.2. The molecule has 15 heavy (non-hydrogen) atoms. The molecule has 0 aromatic carbocycles. The molecule has 1 atom stereocenters. The summed E-state index contributed by atoms with van der Waals surface area (Å²) in [6.45, 7) is 9.34. The first-order valence-corrected chi connectivity index (χ1v) is 5.61. The highest BCUT2D eigenvalue weighted by atomic mass is 15.3. The fourth-order valence-electron chi connectivity index (χ4n) is 2.28. The third kappa shape index (κ3) is 2.69. The Morgan fingerprint density at radius 2 is 2.47 bits per heavy atom. The maximum absolute atomic E-state index is 4.26. The third-order valence-corrected chi connectivity index (χ3v) is 2.93. The summed E-state index contributed by atoms with van der Waals surface area (Å²) < 4.78 is 2.03. The van der Waals surface area contributed by atoms with Crippen LogP contribution in [0, 0.1) is 0 Å². The van der Waals surface area contributed by atoms with Crippen LogP contribution in [0.3, 0.4) is 0 Å². The SMILES string of the molecule is C=C(C)CN1CCC[C@@H]1Cn1cccn1. The van der Waals surface area contributed by atoms with Crippen LogP contribution in [0.25, 0.3) is 0 Å². The van der Waals surface area contributed by atoms with Gasteiger partial charge in [-0.3, -0.25) is 9.58 Å². The molecule has 3 nitrogen and oxygen atoms in total. The summed E-state index contributed by atoms with van der Waals surface area (Å²) in [7, 11) is 0. The van der Waals surface area contributed by atoms with Gasteiger partial charge in [0.05, 0.1) is 6.54 Å². The second-order valence-electron chi connectivity index (χ2n) is 4.45. The van der Waals surface area contributed by atoms with Crippen LogP contribution in [0.2, 0.25) is 0 Å². The molecule has 3 heteroatoms. The molecular weight excluding hydrogens is 186 g/mol. The first-order chi connectivity index (χ1) is 7.25. The Kier molecular flexibility index (Phi) is 3.21. The van der Waals surface area contributed by atoms with Crippen molar-refractivity contribution in [3.63, 3.8) is 0 Å². The van der Waals surface area contributed by atoms with E-state index in [9.17, 15) is 0 Å². The zero-order valence-corrected chi connectivity index (χ0v) is 9.39. The third-order valence-electron chi connectivity index (χ3n) is 2.93. The fourth-order valence-corrected chi connectivity index (χ4v) is 2.28. The van der Waals surface area contributed by atoms with Gasteiger partial charge < -0.3 is 0 Å². The van der Waals surface area contributed by atoms with E-state index in [1.54, 1.807) is 0 Å². The van der Waals surface area contributed by atoms with E-state index in [4.69, 9.17) is 0 Å². The van der Waals surface area contributed by atoms with Crippen LogP contribution in [-0.4, -0.2) is 33.8 Å².